The number of hydrogen-bond acceptors (Lipinski definition) is 2. The monoisotopic (exact) mass is 319 g/mol. The van der Waals surface area contributed by atoms with Crippen molar-refractivity contribution in [3.05, 3.63) is 32.7 Å². The topological polar surface area (TPSA) is 21.3 Å². The van der Waals surface area contributed by atoms with Crippen molar-refractivity contribution in [2.24, 2.45) is 0 Å². The van der Waals surface area contributed by atoms with Crippen molar-refractivity contribution in [2.75, 3.05) is 19.8 Å². The van der Waals surface area contributed by atoms with E-state index in [4.69, 9.17) is 4.74 Å². The van der Waals surface area contributed by atoms with Gasteiger partial charge >= 0.3 is 0 Å². The lowest BCUT2D eigenvalue weighted by atomic mass is 10.1. The summed E-state index contributed by atoms with van der Waals surface area (Å²) in [5.74, 6) is 0. The molecule has 1 unspecified atom stereocenters. The van der Waals surface area contributed by atoms with Crippen LogP contribution < -0.4 is 5.32 Å². The molecule has 2 nitrogen and oxygen atoms in total. The van der Waals surface area contributed by atoms with Crippen LogP contribution in [0.25, 0.3) is 0 Å². The quantitative estimate of drug-likeness (QED) is 0.859. The van der Waals surface area contributed by atoms with Gasteiger partial charge in [-0.2, -0.15) is 0 Å². The molecule has 0 radical (unpaired) electrons. The standard InChI is InChI=1S/C10H11Br2NO/c11-7-1-2-8(9(12)5-7)10-6-14-4-3-13-10/h1-2,5,10,13H,3-4,6H2. The number of hydrogen-bond donors (Lipinski definition) is 1. The minimum atomic E-state index is 0.311. The molecule has 1 aromatic rings. The fourth-order valence-corrected chi connectivity index (χ4v) is 2.87. The summed E-state index contributed by atoms with van der Waals surface area (Å²) >= 11 is 7.00. The number of rotatable bonds is 1. The molecule has 1 heterocycles. The highest BCUT2D eigenvalue weighted by atomic mass is 79.9. The van der Waals surface area contributed by atoms with Crippen molar-refractivity contribution in [3.8, 4) is 0 Å². The van der Waals surface area contributed by atoms with E-state index in [9.17, 15) is 0 Å². The van der Waals surface area contributed by atoms with Crippen LogP contribution in [0.3, 0.4) is 0 Å². The zero-order valence-corrected chi connectivity index (χ0v) is 10.8. The average Bonchev–Trinajstić information content (AvgIpc) is 2.19. The molecule has 1 saturated heterocycles. The van der Waals surface area contributed by atoms with Crippen LogP contribution in [0.2, 0.25) is 0 Å². The summed E-state index contributed by atoms with van der Waals surface area (Å²) in [4.78, 5) is 0. The Labute approximate surface area is 100 Å². The van der Waals surface area contributed by atoms with E-state index in [1.54, 1.807) is 0 Å². The summed E-state index contributed by atoms with van der Waals surface area (Å²) in [6.45, 7) is 2.48. The molecule has 0 aromatic heterocycles. The van der Waals surface area contributed by atoms with E-state index < -0.39 is 0 Å². The van der Waals surface area contributed by atoms with Crippen molar-refractivity contribution in [3.63, 3.8) is 0 Å². The minimum absolute atomic E-state index is 0.311. The summed E-state index contributed by atoms with van der Waals surface area (Å²) in [6, 6.07) is 6.54. The first-order chi connectivity index (χ1) is 6.77. The summed E-state index contributed by atoms with van der Waals surface area (Å²) in [7, 11) is 0. The van der Waals surface area contributed by atoms with Gasteiger partial charge in [0.2, 0.25) is 0 Å². The Balaban J connectivity index is 2.22. The molecule has 0 bridgehead atoms. The van der Waals surface area contributed by atoms with E-state index in [0.29, 0.717) is 6.04 Å². The Bertz CT molecular complexity index is 324. The van der Waals surface area contributed by atoms with Crippen LogP contribution >= 0.6 is 31.9 Å². The van der Waals surface area contributed by atoms with Crippen molar-refractivity contribution >= 4 is 31.9 Å². The first-order valence-corrected chi connectivity index (χ1v) is 6.12. The fourth-order valence-electron chi connectivity index (χ4n) is 1.55. The molecule has 0 aliphatic carbocycles. The van der Waals surface area contributed by atoms with Gasteiger partial charge in [-0.25, -0.2) is 0 Å². The molecule has 0 spiro atoms. The van der Waals surface area contributed by atoms with Crippen LogP contribution in [-0.4, -0.2) is 19.8 Å². The normalized spacial score (nSPS) is 22.3. The first-order valence-electron chi connectivity index (χ1n) is 4.53. The van der Waals surface area contributed by atoms with Crippen LogP contribution in [0.5, 0.6) is 0 Å². The smallest absolute Gasteiger partial charge is 0.0662 e. The fraction of sp³-hybridized carbons (Fsp3) is 0.400. The van der Waals surface area contributed by atoms with Gasteiger partial charge in [0, 0.05) is 15.5 Å². The second kappa shape index (κ2) is 4.75. The van der Waals surface area contributed by atoms with Gasteiger partial charge in [0.1, 0.15) is 0 Å². The molecule has 1 aliphatic heterocycles. The van der Waals surface area contributed by atoms with Gasteiger partial charge in [-0.15, -0.1) is 0 Å². The molecular weight excluding hydrogens is 310 g/mol. The molecule has 2 rings (SSSR count). The maximum absolute atomic E-state index is 5.43. The second-order valence-electron chi connectivity index (χ2n) is 3.25. The van der Waals surface area contributed by atoms with E-state index in [-0.39, 0.29) is 0 Å². The molecule has 1 fully saturated rings. The van der Waals surface area contributed by atoms with E-state index in [1.165, 1.54) is 5.56 Å². The number of ether oxygens (including phenoxy) is 1. The Morgan fingerprint density at radius 3 is 2.86 bits per heavy atom. The summed E-state index contributed by atoms with van der Waals surface area (Å²) in [5, 5.41) is 3.43. The van der Waals surface area contributed by atoms with Crippen molar-refractivity contribution in [2.45, 2.75) is 6.04 Å². The summed E-state index contributed by atoms with van der Waals surface area (Å²) in [6.07, 6.45) is 0. The highest BCUT2D eigenvalue weighted by molar-refractivity contribution is 9.11. The van der Waals surface area contributed by atoms with Gasteiger partial charge in [-0.1, -0.05) is 37.9 Å². The molecule has 0 amide bonds. The molecule has 1 aromatic carbocycles. The molecule has 14 heavy (non-hydrogen) atoms. The Kier molecular flexibility index (Phi) is 3.60. The van der Waals surface area contributed by atoms with Gasteiger partial charge in [-0.3, -0.25) is 0 Å². The molecule has 1 N–H and O–H groups in total. The number of nitrogens with one attached hydrogen (secondary N) is 1. The van der Waals surface area contributed by atoms with Gasteiger partial charge in [0.15, 0.2) is 0 Å². The second-order valence-corrected chi connectivity index (χ2v) is 5.02. The molecular formula is C10H11Br2NO. The third-order valence-electron chi connectivity index (χ3n) is 2.26. The first kappa shape index (κ1) is 10.6. The van der Waals surface area contributed by atoms with Gasteiger partial charge in [-0.05, 0) is 17.7 Å². The molecule has 76 valence electrons. The van der Waals surface area contributed by atoms with Gasteiger partial charge < -0.3 is 10.1 Å². The summed E-state index contributed by atoms with van der Waals surface area (Å²) < 4.78 is 7.63. The molecule has 0 saturated carbocycles. The van der Waals surface area contributed by atoms with Crippen LogP contribution in [0.1, 0.15) is 11.6 Å². The maximum atomic E-state index is 5.43. The Hall–Kier alpha value is 0.1000. The number of benzene rings is 1. The zero-order chi connectivity index (χ0) is 9.97. The van der Waals surface area contributed by atoms with E-state index in [0.717, 1.165) is 28.7 Å². The van der Waals surface area contributed by atoms with Crippen LogP contribution in [0.4, 0.5) is 0 Å². The lowest BCUT2D eigenvalue weighted by Gasteiger charge is -2.25. The molecule has 1 aliphatic rings. The van der Waals surface area contributed by atoms with E-state index in [2.05, 4.69) is 55.4 Å². The summed E-state index contributed by atoms with van der Waals surface area (Å²) in [5.41, 5.74) is 1.26. The SMILES string of the molecule is Brc1ccc(C2COCCN2)c(Br)c1. The predicted octanol–water partition coefficient (Wildman–Crippen LogP) is 2.87. The van der Waals surface area contributed by atoms with Crippen molar-refractivity contribution in [1.82, 2.24) is 5.32 Å². The van der Waals surface area contributed by atoms with Crippen LogP contribution in [-0.2, 0) is 4.74 Å². The average molecular weight is 321 g/mol. The largest absolute Gasteiger partial charge is 0.378 e. The minimum Gasteiger partial charge on any atom is -0.378 e. The molecule has 1 atom stereocenters. The highest BCUT2D eigenvalue weighted by Crippen LogP contribution is 2.27. The Morgan fingerprint density at radius 2 is 2.21 bits per heavy atom. The van der Waals surface area contributed by atoms with E-state index in [1.807, 2.05) is 0 Å². The lowest BCUT2D eigenvalue weighted by Crippen LogP contribution is -2.34. The lowest BCUT2D eigenvalue weighted by molar-refractivity contribution is 0.0767. The van der Waals surface area contributed by atoms with Crippen LogP contribution in [0, 0.1) is 0 Å². The van der Waals surface area contributed by atoms with Crippen molar-refractivity contribution < 1.29 is 4.74 Å². The number of halogens is 2. The number of morpholine rings is 1. The third-order valence-corrected chi connectivity index (χ3v) is 3.44. The molecule has 4 heteroatoms. The van der Waals surface area contributed by atoms with E-state index >= 15 is 0 Å². The van der Waals surface area contributed by atoms with Crippen LogP contribution in [0.15, 0.2) is 27.1 Å². The van der Waals surface area contributed by atoms with Crippen molar-refractivity contribution in [1.29, 1.82) is 0 Å². The van der Waals surface area contributed by atoms with Gasteiger partial charge in [0.25, 0.3) is 0 Å². The zero-order valence-electron chi connectivity index (χ0n) is 7.59. The van der Waals surface area contributed by atoms with Gasteiger partial charge in [0.05, 0.1) is 19.3 Å². The Morgan fingerprint density at radius 1 is 1.36 bits per heavy atom. The predicted molar refractivity (Wildman–Crippen MR) is 63.4 cm³/mol. The maximum Gasteiger partial charge on any atom is 0.0662 e. The highest BCUT2D eigenvalue weighted by Gasteiger charge is 2.17. The third kappa shape index (κ3) is 2.37.